The Morgan fingerprint density at radius 1 is 1.82 bits per heavy atom. The lowest BCUT2D eigenvalue weighted by molar-refractivity contribution is -0.119. The molecule has 1 atom stereocenters. The maximum absolute atomic E-state index is 10.8. The zero-order valence-corrected chi connectivity index (χ0v) is 8.41. The third-order valence-corrected chi connectivity index (χ3v) is 3.52. The highest BCUT2D eigenvalue weighted by Crippen LogP contribution is 2.29. The summed E-state index contributed by atoms with van der Waals surface area (Å²) in [6.45, 7) is 1.80. The van der Waals surface area contributed by atoms with Crippen molar-refractivity contribution in [3.05, 3.63) is 20.8 Å². The predicted octanol–water partition coefficient (Wildman–Crippen LogP) is 2.10. The molecule has 1 heterocycles. The highest BCUT2D eigenvalue weighted by molar-refractivity contribution is 9.10. The molecule has 2 nitrogen and oxygen atoms in total. The van der Waals surface area contributed by atoms with E-state index in [9.17, 15) is 4.79 Å². The second kappa shape index (κ2) is 3.36. The van der Waals surface area contributed by atoms with Crippen LogP contribution in [0.25, 0.3) is 0 Å². The van der Waals surface area contributed by atoms with E-state index in [1.165, 1.54) is 11.3 Å². The van der Waals surface area contributed by atoms with Crippen LogP contribution < -0.4 is 5.73 Å². The molecule has 0 fully saturated rings. The Bertz CT molecular complexity index is 271. The lowest BCUT2D eigenvalue weighted by Crippen LogP contribution is -2.17. The predicted molar refractivity (Wildman–Crippen MR) is 49.6 cm³/mol. The summed E-state index contributed by atoms with van der Waals surface area (Å²) in [5.74, 6) is -0.475. The number of nitrogens with two attached hydrogens (primary N) is 1. The van der Waals surface area contributed by atoms with Crippen LogP contribution in [0.5, 0.6) is 0 Å². The van der Waals surface area contributed by atoms with Crippen LogP contribution in [0.4, 0.5) is 0 Å². The normalized spacial score (nSPS) is 12.9. The minimum Gasteiger partial charge on any atom is -0.369 e. The molecule has 0 aliphatic rings. The number of hydrogen-bond acceptors (Lipinski definition) is 2. The van der Waals surface area contributed by atoms with Gasteiger partial charge in [0.25, 0.3) is 0 Å². The first-order valence-corrected chi connectivity index (χ1v) is 4.82. The average Bonchev–Trinajstić information content (AvgIpc) is 2.33. The van der Waals surface area contributed by atoms with Crippen molar-refractivity contribution in [3.63, 3.8) is 0 Å². The van der Waals surface area contributed by atoms with Crippen LogP contribution in [-0.2, 0) is 4.79 Å². The molecule has 0 radical (unpaired) electrons. The molecule has 1 aromatic rings. The van der Waals surface area contributed by atoms with E-state index in [4.69, 9.17) is 5.73 Å². The van der Waals surface area contributed by atoms with Gasteiger partial charge in [-0.25, -0.2) is 0 Å². The summed E-state index contributed by atoms with van der Waals surface area (Å²) in [6.07, 6.45) is 0. The number of carbonyl (C=O) groups is 1. The second-order valence-corrected chi connectivity index (χ2v) is 4.06. The van der Waals surface area contributed by atoms with Crippen molar-refractivity contribution in [2.24, 2.45) is 5.73 Å². The maximum Gasteiger partial charge on any atom is 0.225 e. The van der Waals surface area contributed by atoms with Crippen LogP contribution in [0.15, 0.2) is 15.9 Å². The number of thiophene rings is 1. The van der Waals surface area contributed by atoms with Gasteiger partial charge in [-0.1, -0.05) is 0 Å². The summed E-state index contributed by atoms with van der Waals surface area (Å²) in [7, 11) is 0. The van der Waals surface area contributed by atoms with Gasteiger partial charge in [0.15, 0.2) is 0 Å². The number of rotatable bonds is 2. The Labute approximate surface area is 77.5 Å². The Hall–Kier alpha value is -0.350. The van der Waals surface area contributed by atoms with E-state index in [1.807, 2.05) is 11.4 Å². The molecule has 0 spiro atoms. The van der Waals surface area contributed by atoms with Gasteiger partial charge < -0.3 is 5.73 Å². The first kappa shape index (κ1) is 8.74. The number of hydrogen-bond donors (Lipinski definition) is 1. The van der Waals surface area contributed by atoms with Gasteiger partial charge in [-0.2, -0.15) is 0 Å². The van der Waals surface area contributed by atoms with E-state index in [1.54, 1.807) is 6.92 Å². The highest BCUT2D eigenvalue weighted by atomic mass is 79.9. The van der Waals surface area contributed by atoms with Crippen LogP contribution in [0.3, 0.4) is 0 Å². The van der Waals surface area contributed by atoms with Gasteiger partial charge in [0.05, 0.1) is 5.92 Å². The maximum atomic E-state index is 10.8. The van der Waals surface area contributed by atoms with Gasteiger partial charge in [0, 0.05) is 9.35 Å². The number of primary amides is 1. The summed E-state index contributed by atoms with van der Waals surface area (Å²) in [5, 5.41) is 1.93. The SMILES string of the molecule is CC(C(N)=O)c1sccc1Br. The van der Waals surface area contributed by atoms with Gasteiger partial charge in [-0.15, -0.1) is 11.3 Å². The summed E-state index contributed by atoms with van der Waals surface area (Å²) < 4.78 is 0.966. The molecule has 0 saturated heterocycles. The molecule has 1 unspecified atom stereocenters. The van der Waals surface area contributed by atoms with E-state index in [0.29, 0.717) is 0 Å². The van der Waals surface area contributed by atoms with Crippen molar-refractivity contribution < 1.29 is 4.79 Å². The molecule has 2 N–H and O–H groups in total. The third-order valence-electron chi connectivity index (χ3n) is 1.46. The molecule has 0 bridgehead atoms. The Balaban J connectivity index is 2.92. The van der Waals surface area contributed by atoms with Crippen molar-refractivity contribution >= 4 is 33.2 Å². The highest BCUT2D eigenvalue weighted by Gasteiger charge is 2.15. The molecular formula is C7H8BrNOS. The molecule has 60 valence electrons. The molecule has 1 amide bonds. The van der Waals surface area contributed by atoms with Gasteiger partial charge in [-0.05, 0) is 34.3 Å². The summed E-state index contributed by atoms with van der Waals surface area (Å²) in [6, 6.07) is 1.92. The largest absolute Gasteiger partial charge is 0.369 e. The molecule has 1 rings (SSSR count). The van der Waals surface area contributed by atoms with Crippen molar-refractivity contribution in [2.75, 3.05) is 0 Å². The van der Waals surface area contributed by atoms with Gasteiger partial charge in [-0.3, -0.25) is 4.79 Å². The van der Waals surface area contributed by atoms with Crippen molar-refractivity contribution in [3.8, 4) is 0 Å². The van der Waals surface area contributed by atoms with E-state index < -0.39 is 0 Å². The van der Waals surface area contributed by atoms with Crippen molar-refractivity contribution in [1.82, 2.24) is 0 Å². The minimum absolute atomic E-state index is 0.190. The average molecular weight is 234 g/mol. The number of carbonyl (C=O) groups excluding carboxylic acids is 1. The summed E-state index contributed by atoms with van der Waals surface area (Å²) in [5.41, 5.74) is 5.14. The van der Waals surface area contributed by atoms with Crippen LogP contribution in [0.2, 0.25) is 0 Å². The third kappa shape index (κ3) is 1.81. The van der Waals surface area contributed by atoms with Gasteiger partial charge in [0.2, 0.25) is 5.91 Å². The minimum atomic E-state index is -0.284. The van der Waals surface area contributed by atoms with Crippen LogP contribution in [0, 0.1) is 0 Å². The lowest BCUT2D eigenvalue weighted by atomic mass is 10.1. The fourth-order valence-electron chi connectivity index (χ4n) is 0.744. The van der Waals surface area contributed by atoms with E-state index >= 15 is 0 Å². The van der Waals surface area contributed by atoms with E-state index in [2.05, 4.69) is 15.9 Å². The Kier molecular flexibility index (Phi) is 2.67. The van der Waals surface area contributed by atoms with Crippen LogP contribution in [0.1, 0.15) is 17.7 Å². The number of halogens is 1. The monoisotopic (exact) mass is 233 g/mol. The smallest absolute Gasteiger partial charge is 0.225 e. The van der Waals surface area contributed by atoms with Crippen LogP contribution in [-0.4, -0.2) is 5.91 Å². The summed E-state index contributed by atoms with van der Waals surface area (Å²) >= 11 is 4.88. The molecule has 0 saturated carbocycles. The Morgan fingerprint density at radius 2 is 2.45 bits per heavy atom. The van der Waals surface area contributed by atoms with Gasteiger partial charge in [0.1, 0.15) is 0 Å². The topological polar surface area (TPSA) is 43.1 Å². The quantitative estimate of drug-likeness (QED) is 0.836. The first-order valence-electron chi connectivity index (χ1n) is 3.15. The van der Waals surface area contributed by atoms with Crippen molar-refractivity contribution in [2.45, 2.75) is 12.8 Å². The zero-order valence-electron chi connectivity index (χ0n) is 6.00. The Morgan fingerprint density at radius 3 is 2.82 bits per heavy atom. The molecule has 1 aromatic heterocycles. The van der Waals surface area contributed by atoms with E-state index in [0.717, 1.165) is 9.35 Å². The standard InChI is InChI=1S/C7H8BrNOS/c1-4(7(9)10)6-5(8)2-3-11-6/h2-4H,1H3,(H2,9,10). The second-order valence-electron chi connectivity index (χ2n) is 2.26. The number of amides is 1. The molecule has 0 aliphatic heterocycles. The molecule has 0 aromatic carbocycles. The van der Waals surface area contributed by atoms with Gasteiger partial charge >= 0.3 is 0 Å². The zero-order chi connectivity index (χ0) is 8.43. The fourth-order valence-corrected chi connectivity index (χ4v) is 2.53. The van der Waals surface area contributed by atoms with Crippen molar-refractivity contribution in [1.29, 1.82) is 0 Å². The first-order chi connectivity index (χ1) is 5.13. The molecule has 4 heteroatoms. The molecular weight excluding hydrogens is 226 g/mol. The lowest BCUT2D eigenvalue weighted by Gasteiger charge is -2.03. The molecule has 11 heavy (non-hydrogen) atoms. The summed E-state index contributed by atoms with van der Waals surface area (Å²) in [4.78, 5) is 11.8. The van der Waals surface area contributed by atoms with Crippen LogP contribution >= 0.6 is 27.3 Å². The van der Waals surface area contributed by atoms with E-state index in [-0.39, 0.29) is 11.8 Å². The molecule has 0 aliphatic carbocycles. The fraction of sp³-hybridized carbons (Fsp3) is 0.286.